The van der Waals surface area contributed by atoms with Crippen LogP contribution in [-0.2, 0) is 19.9 Å². The molecule has 2 N–H and O–H groups in total. The first-order chi connectivity index (χ1) is 13.2. The molecule has 8 nitrogen and oxygen atoms in total. The number of carbonyl (C=O) groups is 1. The molecule has 1 saturated heterocycles. The van der Waals surface area contributed by atoms with Gasteiger partial charge in [0, 0.05) is 17.3 Å². The van der Waals surface area contributed by atoms with Gasteiger partial charge in [0.1, 0.15) is 0 Å². The second-order valence-electron chi connectivity index (χ2n) is 6.40. The summed E-state index contributed by atoms with van der Waals surface area (Å²) in [6, 6.07) is 12.9. The molecule has 28 heavy (non-hydrogen) atoms. The Morgan fingerprint density at radius 3 is 2.46 bits per heavy atom. The molecule has 146 valence electrons. The maximum atomic E-state index is 12.4. The van der Waals surface area contributed by atoms with Crippen molar-refractivity contribution in [3.63, 3.8) is 0 Å². The molecular formula is C18H17N3O5S2. The lowest BCUT2D eigenvalue weighted by molar-refractivity contribution is 0.0941. The normalized spacial score (nSPS) is 18.2. The SMILES string of the molecule is N#Cc1cccc(S(=O)(=O)Nc2ccc(C(=O)N[C@@H]3CCS(=O)(=O)C3)cc2)c1. The average molecular weight is 419 g/mol. The Morgan fingerprint density at radius 1 is 1.14 bits per heavy atom. The van der Waals surface area contributed by atoms with Gasteiger partial charge in [0.25, 0.3) is 15.9 Å². The van der Waals surface area contributed by atoms with Crippen molar-refractivity contribution in [1.82, 2.24) is 5.32 Å². The molecule has 1 amide bonds. The highest BCUT2D eigenvalue weighted by atomic mass is 32.2. The number of sulfonamides is 1. The Balaban J connectivity index is 1.68. The Kier molecular flexibility index (Phi) is 5.40. The lowest BCUT2D eigenvalue weighted by Gasteiger charge is -2.12. The third-order valence-electron chi connectivity index (χ3n) is 4.24. The van der Waals surface area contributed by atoms with E-state index in [0.29, 0.717) is 12.0 Å². The molecule has 0 bridgehead atoms. The molecule has 0 radical (unpaired) electrons. The first kappa shape index (κ1) is 19.9. The van der Waals surface area contributed by atoms with Crippen LogP contribution < -0.4 is 10.0 Å². The van der Waals surface area contributed by atoms with Gasteiger partial charge in [-0.15, -0.1) is 0 Å². The number of hydrogen-bond donors (Lipinski definition) is 2. The van der Waals surface area contributed by atoms with Crippen LogP contribution in [0.3, 0.4) is 0 Å². The van der Waals surface area contributed by atoms with Crippen molar-refractivity contribution in [2.45, 2.75) is 17.4 Å². The van der Waals surface area contributed by atoms with E-state index in [1.807, 2.05) is 6.07 Å². The first-order valence-electron chi connectivity index (χ1n) is 8.33. The summed E-state index contributed by atoms with van der Waals surface area (Å²) in [5.74, 6) is -0.428. The third kappa shape index (κ3) is 4.68. The van der Waals surface area contributed by atoms with E-state index in [1.54, 1.807) is 0 Å². The Morgan fingerprint density at radius 2 is 1.86 bits per heavy atom. The zero-order valence-corrected chi connectivity index (χ0v) is 16.3. The summed E-state index contributed by atoms with van der Waals surface area (Å²) in [6.45, 7) is 0. The summed E-state index contributed by atoms with van der Waals surface area (Å²) in [4.78, 5) is 12.2. The van der Waals surface area contributed by atoms with E-state index in [1.165, 1.54) is 48.5 Å². The summed E-state index contributed by atoms with van der Waals surface area (Å²) in [7, 11) is -6.97. The predicted molar refractivity (Wildman–Crippen MR) is 103 cm³/mol. The smallest absolute Gasteiger partial charge is 0.261 e. The van der Waals surface area contributed by atoms with Crippen LogP contribution in [0.1, 0.15) is 22.3 Å². The second-order valence-corrected chi connectivity index (χ2v) is 10.3. The van der Waals surface area contributed by atoms with Gasteiger partial charge in [0.15, 0.2) is 9.84 Å². The number of hydrogen-bond acceptors (Lipinski definition) is 6. The molecule has 0 aliphatic carbocycles. The zero-order valence-electron chi connectivity index (χ0n) is 14.6. The van der Waals surface area contributed by atoms with Crippen LogP contribution in [0.2, 0.25) is 0 Å². The van der Waals surface area contributed by atoms with Crippen molar-refractivity contribution < 1.29 is 21.6 Å². The maximum Gasteiger partial charge on any atom is 0.261 e. The molecule has 10 heteroatoms. The number of carbonyl (C=O) groups excluding carboxylic acids is 1. The van der Waals surface area contributed by atoms with Crippen molar-refractivity contribution in [3.05, 3.63) is 59.7 Å². The fourth-order valence-corrected chi connectivity index (χ4v) is 5.59. The molecule has 2 aromatic carbocycles. The molecule has 1 aliphatic heterocycles. The van der Waals surface area contributed by atoms with Crippen molar-refractivity contribution >= 4 is 31.5 Å². The highest BCUT2D eigenvalue weighted by molar-refractivity contribution is 7.92. The summed E-state index contributed by atoms with van der Waals surface area (Å²) in [5.41, 5.74) is 0.768. The fourth-order valence-electron chi connectivity index (χ4n) is 2.81. The zero-order chi connectivity index (χ0) is 20.4. The van der Waals surface area contributed by atoms with Crippen LogP contribution >= 0.6 is 0 Å². The molecule has 0 saturated carbocycles. The van der Waals surface area contributed by atoms with E-state index in [2.05, 4.69) is 10.0 Å². The monoisotopic (exact) mass is 419 g/mol. The highest BCUT2D eigenvalue weighted by Gasteiger charge is 2.29. The van der Waals surface area contributed by atoms with E-state index in [-0.39, 0.29) is 27.7 Å². The fraction of sp³-hybridized carbons (Fsp3) is 0.222. The quantitative estimate of drug-likeness (QED) is 0.750. The van der Waals surface area contributed by atoms with Crippen LogP contribution in [0.5, 0.6) is 0 Å². The van der Waals surface area contributed by atoms with Gasteiger partial charge in [-0.3, -0.25) is 9.52 Å². The molecule has 1 heterocycles. The average Bonchev–Trinajstić information content (AvgIpc) is 3.00. The van der Waals surface area contributed by atoms with E-state index < -0.39 is 31.8 Å². The maximum absolute atomic E-state index is 12.4. The van der Waals surface area contributed by atoms with Gasteiger partial charge in [0.05, 0.1) is 28.0 Å². The summed E-state index contributed by atoms with van der Waals surface area (Å²) in [6.07, 6.45) is 0.383. The Hall–Kier alpha value is -2.90. The van der Waals surface area contributed by atoms with Crippen molar-refractivity contribution in [3.8, 4) is 6.07 Å². The minimum absolute atomic E-state index is 0.0455. The Bertz CT molecular complexity index is 1150. The Labute approximate surface area is 163 Å². The number of amides is 1. The van der Waals surface area contributed by atoms with Gasteiger partial charge < -0.3 is 5.32 Å². The predicted octanol–water partition coefficient (Wildman–Crippen LogP) is 1.28. The van der Waals surface area contributed by atoms with E-state index in [0.717, 1.165) is 0 Å². The summed E-state index contributed by atoms with van der Waals surface area (Å²) in [5, 5.41) is 11.6. The largest absolute Gasteiger partial charge is 0.348 e. The number of rotatable bonds is 5. The minimum atomic E-state index is -3.88. The van der Waals surface area contributed by atoms with Crippen LogP contribution in [0.15, 0.2) is 53.4 Å². The van der Waals surface area contributed by atoms with Gasteiger partial charge in [-0.1, -0.05) is 6.07 Å². The van der Waals surface area contributed by atoms with Crippen molar-refractivity contribution in [2.24, 2.45) is 0 Å². The van der Waals surface area contributed by atoms with Crippen LogP contribution in [0.25, 0.3) is 0 Å². The van der Waals surface area contributed by atoms with Crippen LogP contribution in [0, 0.1) is 11.3 Å². The standard InChI is InChI=1S/C18H17N3O5S2/c19-11-13-2-1-3-17(10-13)28(25,26)21-15-6-4-14(5-7-15)18(22)20-16-8-9-27(23,24)12-16/h1-7,10,16,21H,8-9,12H2,(H,20,22)/t16-/m1/s1. The first-order valence-corrected chi connectivity index (χ1v) is 11.6. The van der Waals surface area contributed by atoms with E-state index in [4.69, 9.17) is 5.26 Å². The molecule has 2 aromatic rings. The number of nitriles is 1. The van der Waals surface area contributed by atoms with Crippen molar-refractivity contribution in [1.29, 1.82) is 5.26 Å². The molecule has 3 rings (SSSR count). The number of benzene rings is 2. The van der Waals surface area contributed by atoms with Gasteiger partial charge in [-0.25, -0.2) is 16.8 Å². The molecule has 1 aliphatic rings. The lowest BCUT2D eigenvalue weighted by Crippen LogP contribution is -2.35. The minimum Gasteiger partial charge on any atom is -0.348 e. The second kappa shape index (κ2) is 7.61. The van der Waals surface area contributed by atoms with E-state index >= 15 is 0 Å². The molecule has 0 spiro atoms. The molecule has 1 atom stereocenters. The van der Waals surface area contributed by atoms with Gasteiger partial charge in [-0.05, 0) is 48.9 Å². The third-order valence-corrected chi connectivity index (χ3v) is 7.39. The van der Waals surface area contributed by atoms with Crippen molar-refractivity contribution in [2.75, 3.05) is 16.2 Å². The molecule has 0 aromatic heterocycles. The molecule has 1 fully saturated rings. The highest BCUT2D eigenvalue weighted by Crippen LogP contribution is 2.18. The summed E-state index contributed by atoms with van der Waals surface area (Å²) >= 11 is 0. The van der Waals surface area contributed by atoms with Crippen LogP contribution in [-0.4, -0.2) is 40.3 Å². The molecular weight excluding hydrogens is 402 g/mol. The number of sulfone groups is 1. The van der Waals surface area contributed by atoms with Crippen LogP contribution in [0.4, 0.5) is 5.69 Å². The number of anilines is 1. The topological polar surface area (TPSA) is 133 Å². The van der Waals surface area contributed by atoms with E-state index in [9.17, 15) is 21.6 Å². The summed E-state index contributed by atoms with van der Waals surface area (Å²) < 4.78 is 50.2. The lowest BCUT2D eigenvalue weighted by atomic mass is 10.1. The van der Waals surface area contributed by atoms with Gasteiger partial charge in [-0.2, -0.15) is 5.26 Å². The number of nitrogens with one attached hydrogen (secondary N) is 2. The number of nitrogens with zero attached hydrogens (tertiary/aromatic N) is 1. The molecule has 0 unspecified atom stereocenters. The van der Waals surface area contributed by atoms with Gasteiger partial charge >= 0.3 is 0 Å². The van der Waals surface area contributed by atoms with Gasteiger partial charge in [0.2, 0.25) is 0 Å².